The van der Waals surface area contributed by atoms with Gasteiger partial charge in [0.1, 0.15) is 17.1 Å². The third-order valence-corrected chi connectivity index (χ3v) is 6.90. The van der Waals surface area contributed by atoms with Gasteiger partial charge in [-0.25, -0.2) is 9.59 Å². The van der Waals surface area contributed by atoms with Gasteiger partial charge in [0.05, 0.1) is 30.8 Å². The Morgan fingerprint density at radius 3 is 2.88 bits per heavy atom. The van der Waals surface area contributed by atoms with Crippen molar-refractivity contribution in [2.45, 2.75) is 38.0 Å². The van der Waals surface area contributed by atoms with Gasteiger partial charge in [-0.05, 0) is 37.8 Å². The van der Waals surface area contributed by atoms with Crippen molar-refractivity contribution in [3.05, 3.63) is 41.9 Å². The molecule has 5 rings (SSSR count). The van der Waals surface area contributed by atoms with Crippen LogP contribution in [-0.4, -0.2) is 61.4 Å². The Labute approximate surface area is 195 Å². The molecule has 0 radical (unpaired) electrons. The molecule has 1 aliphatic heterocycles. The molecule has 1 saturated heterocycles. The van der Waals surface area contributed by atoms with Crippen LogP contribution in [0.3, 0.4) is 0 Å². The minimum atomic E-state index is -1.11. The van der Waals surface area contributed by atoms with Crippen molar-refractivity contribution in [3.8, 4) is 11.1 Å². The maximum Gasteiger partial charge on any atom is 0.411 e. The molecule has 1 spiro atoms. The van der Waals surface area contributed by atoms with Gasteiger partial charge < -0.3 is 26.3 Å². The Morgan fingerprint density at radius 2 is 2.21 bits per heavy atom. The summed E-state index contributed by atoms with van der Waals surface area (Å²) in [7, 11) is 0. The number of nitrogens with zero attached hydrogens (tertiary/aromatic N) is 3. The van der Waals surface area contributed by atoms with Crippen molar-refractivity contribution >= 4 is 28.8 Å². The summed E-state index contributed by atoms with van der Waals surface area (Å²) >= 11 is 0. The molecule has 1 atom stereocenters. The molecule has 178 valence electrons. The smallest absolute Gasteiger partial charge is 0.411 e. The summed E-state index contributed by atoms with van der Waals surface area (Å²) in [6.45, 7) is 3.09. The molecule has 7 N–H and O–H groups in total. The normalized spacial score (nSPS) is 22.7. The molecule has 2 aliphatic rings. The number of carbonyl (C=O) groups excluding carboxylic acids is 1. The van der Waals surface area contributed by atoms with Crippen LogP contribution < -0.4 is 11.5 Å². The summed E-state index contributed by atoms with van der Waals surface area (Å²) in [6, 6.07) is 5.25. The first kappa shape index (κ1) is 22.0. The second-order valence-electron chi connectivity index (χ2n) is 9.27. The van der Waals surface area contributed by atoms with E-state index in [1.807, 2.05) is 25.1 Å². The van der Waals surface area contributed by atoms with Crippen LogP contribution in [0.2, 0.25) is 0 Å². The molecule has 1 aliphatic carbocycles. The zero-order chi connectivity index (χ0) is 24.2. The van der Waals surface area contributed by atoms with Gasteiger partial charge in [-0.3, -0.25) is 15.0 Å². The highest BCUT2D eigenvalue weighted by molar-refractivity contribution is 6.08. The minimum Gasteiger partial charge on any atom is -0.477 e. The maximum absolute atomic E-state index is 12.8. The molecular weight excluding hydrogens is 438 g/mol. The number of amides is 1. The Bertz CT molecular complexity index is 1300. The number of carbonyl (C=O) groups is 2. The number of aromatic nitrogens is 3. The van der Waals surface area contributed by atoms with E-state index < -0.39 is 11.6 Å². The van der Waals surface area contributed by atoms with E-state index in [0.29, 0.717) is 41.0 Å². The fraction of sp³-hybridized carbons (Fsp3) is 0.391. The molecule has 2 fully saturated rings. The number of para-hydroxylation sites is 1. The number of ether oxygens (including phenoxy) is 1. The number of rotatable bonds is 7. The largest absolute Gasteiger partial charge is 0.477 e. The maximum atomic E-state index is 12.8. The highest BCUT2D eigenvalue weighted by Gasteiger charge is 2.54. The van der Waals surface area contributed by atoms with E-state index in [1.165, 1.54) is 4.68 Å². The van der Waals surface area contributed by atoms with E-state index in [9.17, 15) is 14.7 Å². The summed E-state index contributed by atoms with van der Waals surface area (Å²) in [4.78, 5) is 29.6. The second kappa shape index (κ2) is 7.87. The van der Waals surface area contributed by atoms with Crippen molar-refractivity contribution < 1.29 is 19.4 Å². The van der Waals surface area contributed by atoms with Crippen molar-refractivity contribution in [1.82, 2.24) is 19.7 Å². The fourth-order valence-electron chi connectivity index (χ4n) is 5.29. The molecule has 2 aromatic heterocycles. The van der Waals surface area contributed by atoms with E-state index in [4.69, 9.17) is 21.6 Å². The highest BCUT2D eigenvalue weighted by atomic mass is 16.6. The van der Waals surface area contributed by atoms with Crippen LogP contribution in [0.1, 0.15) is 41.9 Å². The lowest BCUT2D eigenvalue weighted by Gasteiger charge is -2.42. The van der Waals surface area contributed by atoms with Crippen molar-refractivity contribution in [3.63, 3.8) is 0 Å². The summed E-state index contributed by atoms with van der Waals surface area (Å²) in [5, 5.41) is 22.3. The number of hydrogen-bond acceptors (Lipinski definition) is 6. The summed E-state index contributed by atoms with van der Waals surface area (Å²) in [6.07, 6.45) is 4.39. The molecule has 11 nitrogen and oxygen atoms in total. The molecule has 3 aromatic rings. The molecule has 0 bridgehead atoms. The Balaban J connectivity index is 1.53. The lowest BCUT2D eigenvalue weighted by Crippen LogP contribution is -2.49. The number of benzene rings is 1. The SMILES string of the molecule is C[C@@H](c1cccc2c(-c3cnn(CC(=N)N)c3)c(C(=O)O)[nH]c12)N1CC2(CC(CN)C2)OC1=O. The monoisotopic (exact) mass is 465 g/mol. The number of amidine groups is 1. The number of carboxylic acids is 1. The van der Waals surface area contributed by atoms with Gasteiger partial charge in [0, 0.05) is 22.7 Å². The van der Waals surface area contributed by atoms with Gasteiger partial charge in [0.25, 0.3) is 0 Å². The van der Waals surface area contributed by atoms with Crippen LogP contribution in [0.25, 0.3) is 22.0 Å². The summed E-state index contributed by atoms with van der Waals surface area (Å²) in [5.74, 6) is -0.784. The summed E-state index contributed by atoms with van der Waals surface area (Å²) in [5.41, 5.74) is 13.3. The van der Waals surface area contributed by atoms with Crippen LogP contribution in [0, 0.1) is 11.3 Å². The van der Waals surface area contributed by atoms with Gasteiger partial charge in [0.15, 0.2) is 0 Å². The number of H-pyrrole nitrogens is 1. The number of nitrogens with two attached hydrogens (primary N) is 2. The topological polar surface area (TPSA) is 176 Å². The quantitative estimate of drug-likeness (QED) is 0.262. The fourth-order valence-corrected chi connectivity index (χ4v) is 5.29. The van der Waals surface area contributed by atoms with Crippen molar-refractivity contribution in [1.29, 1.82) is 5.41 Å². The first-order valence-corrected chi connectivity index (χ1v) is 11.1. The van der Waals surface area contributed by atoms with Gasteiger partial charge in [0.2, 0.25) is 0 Å². The van der Waals surface area contributed by atoms with E-state index in [2.05, 4.69) is 10.1 Å². The molecule has 11 heteroatoms. The summed E-state index contributed by atoms with van der Waals surface area (Å²) < 4.78 is 7.23. The number of carboxylic acid groups (broad SMARTS) is 1. The predicted molar refractivity (Wildman–Crippen MR) is 125 cm³/mol. The first-order valence-electron chi connectivity index (χ1n) is 11.1. The molecule has 1 amide bonds. The molecule has 1 saturated carbocycles. The van der Waals surface area contributed by atoms with E-state index >= 15 is 0 Å². The van der Waals surface area contributed by atoms with Gasteiger partial charge in [-0.2, -0.15) is 5.10 Å². The zero-order valence-corrected chi connectivity index (χ0v) is 18.7. The molecule has 34 heavy (non-hydrogen) atoms. The van der Waals surface area contributed by atoms with Crippen LogP contribution in [0.4, 0.5) is 4.79 Å². The third kappa shape index (κ3) is 3.48. The Morgan fingerprint density at radius 1 is 1.44 bits per heavy atom. The number of hydrogen-bond donors (Lipinski definition) is 5. The third-order valence-electron chi connectivity index (χ3n) is 6.90. The number of nitrogens with one attached hydrogen (secondary N) is 2. The van der Waals surface area contributed by atoms with Gasteiger partial charge in [-0.15, -0.1) is 0 Å². The van der Waals surface area contributed by atoms with E-state index in [0.717, 1.165) is 18.4 Å². The van der Waals surface area contributed by atoms with Gasteiger partial charge in [-0.1, -0.05) is 18.2 Å². The van der Waals surface area contributed by atoms with Crippen molar-refractivity contribution in [2.75, 3.05) is 13.1 Å². The van der Waals surface area contributed by atoms with Crippen LogP contribution in [0.15, 0.2) is 30.6 Å². The van der Waals surface area contributed by atoms with E-state index in [1.54, 1.807) is 17.3 Å². The Kier molecular flexibility index (Phi) is 5.08. The molecule has 0 unspecified atom stereocenters. The lowest BCUT2D eigenvalue weighted by atomic mass is 9.71. The molecule has 1 aromatic carbocycles. The minimum absolute atomic E-state index is 0.0299. The Hall–Kier alpha value is -3.86. The highest BCUT2D eigenvalue weighted by Crippen LogP contribution is 2.47. The number of aromatic carboxylic acids is 1. The average molecular weight is 466 g/mol. The van der Waals surface area contributed by atoms with Crippen LogP contribution in [0.5, 0.6) is 0 Å². The van der Waals surface area contributed by atoms with Crippen LogP contribution in [-0.2, 0) is 11.3 Å². The molecular formula is C23H27N7O4. The number of fused-ring (bicyclic) bond motifs is 1. The second-order valence-corrected chi connectivity index (χ2v) is 9.27. The molecule has 3 heterocycles. The standard InChI is InChI=1S/C23H27N7O4/c1-12(30-11-23(34-22(30)33)5-13(6-23)7-24)15-3-2-4-16-18(20(21(31)32)28-19(15)16)14-8-27-29(9-14)10-17(25)26/h2-4,8-9,12-13,28H,5-7,10-11,24H2,1H3,(H3,25,26)(H,31,32)/t12-,13?,23?/m0/s1. The average Bonchev–Trinajstić information content (AvgIpc) is 3.46. The zero-order valence-electron chi connectivity index (χ0n) is 18.7. The first-order chi connectivity index (χ1) is 16.2. The number of aromatic amines is 1. The van der Waals surface area contributed by atoms with Crippen molar-refractivity contribution in [2.24, 2.45) is 17.4 Å². The van der Waals surface area contributed by atoms with Gasteiger partial charge >= 0.3 is 12.1 Å². The predicted octanol–water partition coefficient (Wildman–Crippen LogP) is 2.29. The van der Waals surface area contributed by atoms with E-state index in [-0.39, 0.29) is 30.2 Å². The lowest BCUT2D eigenvalue weighted by molar-refractivity contribution is -0.0439. The van der Waals surface area contributed by atoms with Crippen LogP contribution >= 0.6 is 0 Å².